The van der Waals surface area contributed by atoms with E-state index in [0.29, 0.717) is 6.04 Å². The number of rotatable bonds is 7. The van der Waals surface area contributed by atoms with Crippen LogP contribution in [0.15, 0.2) is 29.2 Å². The summed E-state index contributed by atoms with van der Waals surface area (Å²) >= 11 is 1.63. The molecule has 0 saturated carbocycles. The lowest BCUT2D eigenvalue weighted by Gasteiger charge is -2.32. The average molecular weight is 310 g/mol. The third-order valence-electron chi connectivity index (χ3n) is 4.15. The molecule has 0 unspecified atom stereocenters. The Morgan fingerprint density at radius 3 is 2.67 bits per heavy atom. The van der Waals surface area contributed by atoms with Crippen LogP contribution in [-0.4, -0.2) is 42.9 Å². The van der Waals surface area contributed by atoms with Crippen LogP contribution in [0.25, 0.3) is 0 Å². The maximum absolute atomic E-state index is 13.6. The molecule has 1 fully saturated rings. The molecule has 1 heterocycles. The van der Waals surface area contributed by atoms with Crippen molar-refractivity contribution in [3.05, 3.63) is 30.1 Å². The summed E-state index contributed by atoms with van der Waals surface area (Å²) in [6.07, 6.45) is 2.56. The van der Waals surface area contributed by atoms with Gasteiger partial charge in [0.1, 0.15) is 5.82 Å². The Bertz CT molecular complexity index is 419. The number of piperidine rings is 1. The molecule has 0 aromatic heterocycles. The molecule has 21 heavy (non-hydrogen) atoms. The second kappa shape index (κ2) is 8.76. The van der Waals surface area contributed by atoms with Gasteiger partial charge in [-0.15, -0.1) is 11.8 Å². The van der Waals surface area contributed by atoms with Crippen molar-refractivity contribution in [2.24, 2.45) is 5.92 Å². The van der Waals surface area contributed by atoms with Crippen LogP contribution in [0.5, 0.6) is 0 Å². The molecule has 0 spiro atoms. The minimum Gasteiger partial charge on any atom is -0.317 e. The summed E-state index contributed by atoms with van der Waals surface area (Å²) in [7, 11) is 0. The molecule has 1 aliphatic heterocycles. The fourth-order valence-electron chi connectivity index (χ4n) is 2.79. The van der Waals surface area contributed by atoms with E-state index in [1.165, 1.54) is 25.5 Å². The van der Waals surface area contributed by atoms with Gasteiger partial charge in [0, 0.05) is 29.8 Å². The molecule has 0 bridgehead atoms. The Labute approximate surface area is 132 Å². The Morgan fingerprint density at radius 1 is 1.29 bits per heavy atom. The zero-order valence-corrected chi connectivity index (χ0v) is 14.0. The van der Waals surface area contributed by atoms with Crippen LogP contribution in [-0.2, 0) is 0 Å². The summed E-state index contributed by atoms with van der Waals surface area (Å²) in [5.41, 5.74) is 0. The molecular weight excluding hydrogens is 283 g/mol. The van der Waals surface area contributed by atoms with Crippen LogP contribution in [0.3, 0.4) is 0 Å². The standard InChI is InChI=1S/C17H27FN2S/c1-14(2)20(13-15-7-9-19-10-8-15)11-12-21-17-6-4-3-5-16(17)18/h3-6,14-15,19H,7-13H2,1-2H3. The summed E-state index contributed by atoms with van der Waals surface area (Å²) < 4.78 is 13.6. The van der Waals surface area contributed by atoms with Gasteiger partial charge in [-0.3, -0.25) is 4.90 Å². The summed E-state index contributed by atoms with van der Waals surface area (Å²) in [5, 5.41) is 3.42. The van der Waals surface area contributed by atoms with Crippen molar-refractivity contribution in [1.82, 2.24) is 10.2 Å². The smallest absolute Gasteiger partial charge is 0.136 e. The highest BCUT2D eigenvalue weighted by atomic mass is 32.2. The number of halogens is 1. The molecule has 1 saturated heterocycles. The number of thioether (sulfide) groups is 1. The summed E-state index contributed by atoms with van der Waals surface area (Å²) in [5.74, 6) is 1.66. The van der Waals surface area contributed by atoms with E-state index in [1.807, 2.05) is 12.1 Å². The fraction of sp³-hybridized carbons (Fsp3) is 0.647. The highest BCUT2D eigenvalue weighted by molar-refractivity contribution is 7.99. The lowest BCUT2D eigenvalue weighted by molar-refractivity contribution is 0.179. The zero-order valence-electron chi connectivity index (χ0n) is 13.1. The summed E-state index contributed by atoms with van der Waals surface area (Å²) in [6.45, 7) is 9.03. The van der Waals surface area contributed by atoms with E-state index in [9.17, 15) is 4.39 Å². The van der Waals surface area contributed by atoms with Gasteiger partial charge in [0.15, 0.2) is 0 Å². The van der Waals surface area contributed by atoms with Crippen LogP contribution in [0.2, 0.25) is 0 Å². The third-order valence-corrected chi connectivity index (χ3v) is 5.18. The van der Waals surface area contributed by atoms with Crippen LogP contribution >= 0.6 is 11.8 Å². The molecule has 0 atom stereocenters. The Morgan fingerprint density at radius 2 is 2.00 bits per heavy atom. The van der Waals surface area contributed by atoms with E-state index in [1.54, 1.807) is 17.8 Å². The minimum absolute atomic E-state index is 0.100. The van der Waals surface area contributed by atoms with Gasteiger partial charge >= 0.3 is 0 Å². The molecule has 1 aliphatic rings. The molecule has 4 heteroatoms. The maximum atomic E-state index is 13.6. The van der Waals surface area contributed by atoms with E-state index in [2.05, 4.69) is 24.1 Å². The van der Waals surface area contributed by atoms with Crippen LogP contribution in [0.1, 0.15) is 26.7 Å². The molecule has 1 N–H and O–H groups in total. The summed E-state index contributed by atoms with van der Waals surface area (Å²) in [4.78, 5) is 3.31. The lowest BCUT2D eigenvalue weighted by Crippen LogP contribution is -2.40. The quantitative estimate of drug-likeness (QED) is 0.774. The van der Waals surface area contributed by atoms with E-state index in [-0.39, 0.29) is 5.82 Å². The number of hydrogen-bond donors (Lipinski definition) is 1. The molecule has 2 rings (SSSR count). The first-order valence-electron chi connectivity index (χ1n) is 7.99. The lowest BCUT2D eigenvalue weighted by atomic mass is 9.97. The van der Waals surface area contributed by atoms with Crippen molar-refractivity contribution in [3.8, 4) is 0 Å². The van der Waals surface area contributed by atoms with E-state index >= 15 is 0 Å². The van der Waals surface area contributed by atoms with Crippen molar-refractivity contribution in [3.63, 3.8) is 0 Å². The van der Waals surface area contributed by atoms with E-state index < -0.39 is 0 Å². The summed E-state index contributed by atoms with van der Waals surface area (Å²) in [6, 6.07) is 7.61. The van der Waals surface area contributed by atoms with Crippen molar-refractivity contribution < 1.29 is 4.39 Å². The van der Waals surface area contributed by atoms with Gasteiger partial charge in [-0.1, -0.05) is 12.1 Å². The van der Waals surface area contributed by atoms with Gasteiger partial charge in [0.2, 0.25) is 0 Å². The molecule has 0 amide bonds. The van der Waals surface area contributed by atoms with Crippen molar-refractivity contribution in [2.45, 2.75) is 37.6 Å². The predicted molar refractivity (Wildman–Crippen MR) is 89.4 cm³/mol. The first kappa shape index (κ1) is 16.8. The molecule has 0 radical (unpaired) electrons. The Kier molecular flexibility index (Phi) is 7.00. The van der Waals surface area contributed by atoms with Crippen molar-refractivity contribution in [2.75, 3.05) is 31.9 Å². The SMILES string of the molecule is CC(C)N(CCSc1ccccc1F)CC1CCNCC1. The monoisotopic (exact) mass is 310 g/mol. The molecule has 1 aromatic carbocycles. The van der Waals surface area contributed by atoms with Crippen molar-refractivity contribution in [1.29, 1.82) is 0 Å². The van der Waals surface area contributed by atoms with E-state index in [0.717, 1.165) is 36.2 Å². The minimum atomic E-state index is -0.100. The first-order chi connectivity index (χ1) is 10.2. The molecule has 2 nitrogen and oxygen atoms in total. The zero-order chi connectivity index (χ0) is 15.1. The van der Waals surface area contributed by atoms with Gasteiger partial charge in [-0.2, -0.15) is 0 Å². The first-order valence-corrected chi connectivity index (χ1v) is 8.97. The maximum Gasteiger partial charge on any atom is 0.136 e. The van der Waals surface area contributed by atoms with Crippen LogP contribution in [0, 0.1) is 11.7 Å². The highest BCUT2D eigenvalue weighted by Gasteiger charge is 2.18. The Balaban J connectivity index is 1.78. The number of hydrogen-bond acceptors (Lipinski definition) is 3. The van der Waals surface area contributed by atoms with Gasteiger partial charge in [-0.05, 0) is 57.8 Å². The molecule has 0 aliphatic carbocycles. The van der Waals surface area contributed by atoms with Gasteiger partial charge < -0.3 is 5.32 Å². The average Bonchev–Trinajstić information content (AvgIpc) is 2.49. The molecular formula is C17H27FN2S. The van der Waals surface area contributed by atoms with Crippen LogP contribution < -0.4 is 5.32 Å². The largest absolute Gasteiger partial charge is 0.317 e. The predicted octanol–water partition coefficient (Wildman–Crippen LogP) is 3.63. The van der Waals surface area contributed by atoms with Crippen LogP contribution in [0.4, 0.5) is 4.39 Å². The van der Waals surface area contributed by atoms with Crippen molar-refractivity contribution >= 4 is 11.8 Å². The fourth-order valence-corrected chi connectivity index (χ4v) is 3.72. The Hall–Kier alpha value is -0.580. The van der Waals surface area contributed by atoms with Gasteiger partial charge in [0.05, 0.1) is 0 Å². The molecule has 118 valence electrons. The second-order valence-corrected chi connectivity index (χ2v) is 7.20. The topological polar surface area (TPSA) is 15.3 Å². The number of nitrogens with one attached hydrogen (secondary N) is 1. The van der Waals surface area contributed by atoms with Gasteiger partial charge in [-0.25, -0.2) is 4.39 Å². The second-order valence-electron chi connectivity index (χ2n) is 6.06. The highest BCUT2D eigenvalue weighted by Crippen LogP contribution is 2.22. The number of benzene rings is 1. The van der Waals surface area contributed by atoms with E-state index in [4.69, 9.17) is 0 Å². The van der Waals surface area contributed by atoms with Gasteiger partial charge in [0.25, 0.3) is 0 Å². The number of nitrogens with zero attached hydrogens (tertiary/aromatic N) is 1. The third kappa shape index (κ3) is 5.61. The normalized spacial score (nSPS) is 16.8. The molecule has 1 aromatic rings.